The summed E-state index contributed by atoms with van der Waals surface area (Å²) in [4.78, 5) is 0. The molecule has 1 atom stereocenters. The van der Waals surface area contributed by atoms with Gasteiger partial charge < -0.3 is 14.8 Å². The highest BCUT2D eigenvalue weighted by Gasteiger charge is 2.44. The number of rotatable bonds is 2. The van der Waals surface area contributed by atoms with E-state index in [9.17, 15) is 13.2 Å². The number of alkyl halides is 3. The molecular formula is C11H18F3NO2. The summed E-state index contributed by atoms with van der Waals surface area (Å²) in [6, 6.07) is -0.207. The maximum absolute atomic E-state index is 12.3. The Bertz CT molecular complexity index is 243. The van der Waals surface area contributed by atoms with Crippen LogP contribution in [-0.4, -0.2) is 44.2 Å². The molecule has 2 heterocycles. The molecule has 0 radical (unpaired) electrons. The molecule has 6 heteroatoms. The predicted octanol–water partition coefficient (Wildman–Crippen LogP) is 1.87. The largest absolute Gasteiger partial charge is 0.389 e. The highest BCUT2D eigenvalue weighted by atomic mass is 19.4. The second-order valence-corrected chi connectivity index (χ2v) is 4.69. The van der Waals surface area contributed by atoms with Crippen LogP contribution in [0.2, 0.25) is 0 Å². The molecule has 3 nitrogen and oxygen atoms in total. The summed E-state index contributed by atoms with van der Waals surface area (Å²) in [6.07, 6.45) is -3.39. The average Bonchev–Trinajstić information content (AvgIpc) is 2.28. The van der Waals surface area contributed by atoms with Gasteiger partial charge in [-0.15, -0.1) is 0 Å². The van der Waals surface area contributed by atoms with Crippen molar-refractivity contribution in [3.8, 4) is 0 Å². The zero-order chi connectivity index (χ0) is 12.4. The lowest BCUT2D eigenvalue weighted by Gasteiger charge is -2.46. The minimum atomic E-state index is -4.09. The Balaban J connectivity index is 1.96. The van der Waals surface area contributed by atoms with Crippen LogP contribution in [0, 0.1) is 0 Å². The fraction of sp³-hybridized carbons (Fsp3) is 1.00. The van der Waals surface area contributed by atoms with Crippen LogP contribution in [0.5, 0.6) is 0 Å². The molecule has 2 rings (SSSR count). The molecule has 1 N–H and O–H groups in total. The maximum atomic E-state index is 12.3. The van der Waals surface area contributed by atoms with Crippen molar-refractivity contribution in [2.45, 2.75) is 43.5 Å². The van der Waals surface area contributed by atoms with E-state index in [0.29, 0.717) is 39.2 Å². The van der Waals surface area contributed by atoms with Crippen LogP contribution in [0.4, 0.5) is 13.2 Å². The van der Waals surface area contributed by atoms with Crippen molar-refractivity contribution in [1.82, 2.24) is 5.32 Å². The number of hydrogen-bond acceptors (Lipinski definition) is 3. The number of hydrogen-bond donors (Lipinski definition) is 1. The number of ether oxygens (including phenoxy) is 2. The average molecular weight is 253 g/mol. The lowest BCUT2D eigenvalue weighted by Crippen LogP contribution is -2.60. The van der Waals surface area contributed by atoms with Gasteiger partial charge in [-0.05, 0) is 6.42 Å². The lowest BCUT2D eigenvalue weighted by atomic mass is 9.82. The van der Waals surface area contributed by atoms with Gasteiger partial charge in [0.1, 0.15) is 0 Å². The molecule has 100 valence electrons. The van der Waals surface area contributed by atoms with Crippen LogP contribution in [-0.2, 0) is 9.47 Å². The maximum Gasteiger partial charge on any atom is 0.389 e. The molecule has 1 spiro atoms. The Labute approximate surface area is 98.7 Å². The van der Waals surface area contributed by atoms with E-state index in [1.807, 2.05) is 0 Å². The molecule has 0 saturated carbocycles. The van der Waals surface area contributed by atoms with Gasteiger partial charge in [0.2, 0.25) is 0 Å². The van der Waals surface area contributed by atoms with E-state index in [2.05, 4.69) is 5.32 Å². The number of nitrogens with one attached hydrogen (secondary N) is 1. The van der Waals surface area contributed by atoms with Gasteiger partial charge >= 0.3 is 6.18 Å². The third-order valence-electron chi connectivity index (χ3n) is 3.57. The molecule has 0 amide bonds. The zero-order valence-corrected chi connectivity index (χ0v) is 9.68. The van der Waals surface area contributed by atoms with Gasteiger partial charge in [-0.2, -0.15) is 13.2 Å². The van der Waals surface area contributed by atoms with Gasteiger partial charge in [0.25, 0.3) is 0 Å². The summed E-state index contributed by atoms with van der Waals surface area (Å²) in [5.74, 6) is 0. The SMILES string of the molecule is FC(F)(F)CCC1NCCOC12CCOCC2. The topological polar surface area (TPSA) is 30.5 Å². The molecule has 0 aromatic carbocycles. The second-order valence-electron chi connectivity index (χ2n) is 4.69. The molecular weight excluding hydrogens is 235 g/mol. The molecule has 17 heavy (non-hydrogen) atoms. The van der Waals surface area contributed by atoms with Crippen molar-refractivity contribution >= 4 is 0 Å². The summed E-state index contributed by atoms with van der Waals surface area (Å²) in [6.45, 7) is 2.35. The fourth-order valence-corrected chi connectivity index (χ4v) is 2.66. The first kappa shape index (κ1) is 13.1. The quantitative estimate of drug-likeness (QED) is 0.815. The van der Waals surface area contributed by atoms with Crippen LogP contribution in [0.25, 0.3) is 0 Å². The van der Waals surface area contributed by atoms with Gasteiger partial charge in [-0.25, -0.2) is 0 Å². The van der Waals surface area contributed by atoms with E-state index in [0.717, 1.165) is 0 Å². The van der Waals surface area contributed by atoms with Crippen molar-refractivity contribution < 1.29 is 22.6 Å². The first-order chi connectivity index (χ1) is 8.02. The summed E-state index contributed by atoms with van der Waals surface area (Å²) in [5.41, 5.74) is -0.443. The molecule has 2 fully saturated rings. The van der Waals surface area contributed by atoms with Crippen molar-refractivity contribution in [3.05, 3.63) is 0 Å². The zero-order valence-electron chi connectivity index (χ0n) is 9.68. The normalized spacial score (nSPS) is 29.5. The minimum Gasteiger partial charge on any atom is -0.381 e. The van der Waals surface area contributed by atoms with Crippen LogP contribution in [0.3, 0.4) is 0 Å². The molecule has 2 aliphatic heterocycles. The van der Waals surface area contributed by atoms with Crippen LogP contribution in [0.15, 0.2) is 0 Å². The highest BCUT2D eigenvalue weighted by Crippen LogP contribution is 2.34. The van der Waals surface area contributed by atoms with Crippen LogP contribution >= 0.6 is 0 Å². The standard InChI is InChI=1S/C11H18F3NO2/c12-11(13,14)2-1-9-10(17-8-5-15-9)3-6-16-7-4-10/h9,15H,1-8H2. The molecule has 2 saturated heterocycles. The van der Waals surface area contributed by atoms with E-state index in [1.165, 1.54) is 0 Å². The molecule has 0 aliphatic carbocycles. The summed E-state index contributed by atoms with van der Waals surface area (Å²) < 4.78 is 47.9. The van der Waals surface area contributed by atoms with Crippen molar-refractivity contribution in [3.63, 3.8) is 0 Å². The van der Waals surface area contributed by atoms with E-state index in [1.54, 1.807) is 0 Å². The van der Waals surface area contributed by atoms with Gasteiger partial charge in [0.15, 0.2) is 0 Å². The third kappa shape index (κ3) is 3.33. The highest BCUT2D eigenvalue weighted by molar-refractivity contribution is 4.97. The van der Waals surface area contributed by atoms with Crippen molar-refractivity contribution in [2.75, 3.05) is 26.4 Å². The molecule has 0 aromatic rings. The van der Waals surface area contributed by atoms with Crippen molar-refractivity contribution in [1.29, 1.82) is 0 Å². The smallest absolute Gasteiger partial charge is 0.381 e. The number of halogens is 3. The first-order valence-corrected chi connectivity index (χ1v) is 6.04. The molecule has 2 aliphatic rings. The first-order valence-electron chi connectivity index (χ1n) is 6.04. The summed E-state index contributed by atoms with van der Waals surface area (Å²) in [7, 11) is 0. The van der Waals surface area contributed by atoms with E-state index in [-0.39, 0.29) is 12.5 Å². The molecule has 1 unspecified atom stereocenters. The monoisotopic (exact) mass is 253 g/mol. The Morgan fingerprint density at radius 3 is 2.53 bits per heavy atom. The second kappa shape index (κ2) is 5.12. The fourth-order valence-electron chi connectivity index (χ4n) is 2.66. The lowest BCUT2D eigenvalue weighted by molar-refractivity contribution is -0.165. The molecule has 0 bridgehead atoms. The Morgan fingerprint density at radius 2 is 1.88 bits per heavy atom. The third-order valence-corrected chi connectivity index (χ3v) is 3.57. The minimum absolute atomic E-state index is 0.0868. The van der Waals surface area contributed by atoms with Crippen LogP contribution < -0.4 is 5.32 Å². The van der Waals surface area contributed by atoms with E-state index < -0.39 is 18.2 Å². The Hall–Kier alpha value is -0.330. The summed E-state index contributed by atoms with van der Waals surface area (Å²) in [5, 5.41) is 3.17. The van der Waals surface area contributed by atoms with Gasteiger partial charge in [-0.3, -0.25) is 0 Å². The van der Waals surface area contributed by atoms with Gasteiger partial charge in [0, 0.05) is 45.1 Å². The summed E-state index contributed by atoms with van der Waals surface area (Å²) >= 11 is 0. The Morgan fingerprint density at radius 1 is 1.18 bits per heavy atom. The van der Waals surface area contributed by atoms with Gasteiger partial charge in [-0.1, -0.05) is 0 Å². The van der Waals surface area contributed by atoms with E-state index in [4.69, 9.17) is 9.47 Å². The van der Waals surface area contributed by atoms with Crippen LogP contribution in [0.1, 0.15) is 25.7 Å². The Kier molecular flexibility index (Phi) is 3.95. The van der Waals surface area contributed by atoms with Gasteiger partial charge in [0.05, 0.1) is 12.2 Å². The molecule has 0 aromatic heterocycles. The van der Waals surface area contributed by atoms with E-state index >= 15 is 0 Å². The number of morpholine rings is 1. The van der Waals surface area contributed by atoms with Crippen molar-refractivity contribution in [2.24, 2.45) is 0 Å². The predicted molar refractivity (Wildman–Crippen MR) is 55.8 cm³/mol.